The molecule has 2 heteroatoms. The van der Waals surface area contributed by atoms with Crippen LogP contribution in [-0.4, -0.2) is 10.7 Å². The van der Waals surface area contributed by atoms with Gasteiger partial charge in [-0.1, -0.05) is 34.6 Å². The summed E-state index contributed by atoms with van der Waals surface area (Å²) in [5.41, 5.74) is -0.458. The van der Waals surface area contributed by atoms with Crippen molar-refractivity contribution in [2.75, 3.05) is 0 Å². The van der Waals surface area contributed by atoms with Crippen molar-refractivity contribution >= 4 is 9.90 Å². The third kappa shape index (κ3) is 3.09. The first kappa shape index (κ1) is 13.9. The summed E-state index contributed by atoms with van der Waals surface area (Å²) in [4.78, 5) is 0. The Morgan fingerprint density at radius 2 is 1.36 bits per heavy atom. The Kier molecular flexibility index (Phi) is 6.48. The molecule has 0 bridgehead atoms. The van der Waals surface area contributed by atoms with Gasteiger partial charge in [-0.05, 0) is 18.3 Å². The third-order valence-electron chi connectivity index (χ3n) is 2.57. The monoisotopic (exact) mass is 178 g/mol. The molecule has 0 aromatic rings. The van der Waals surface area contributed by atoms with E-state index in [1.54, 1.807) is 0 Å². The van der Waals surface area contributed by atoms with E-state index in [4.69, 9.17) is 0 Å². The molecule has 1 nitrogen and oxygen atoms in total. The fourth-order valence-electron chi connectivity index (χ4n) is 1.48. The highest BCUT2D eigenvalue weighted by molar-refractivity contribution is 6.92. The number of hydrogen-bond acceptors (Lipinski definition) is 1. The van der Waals surface area contributed by atoms with E-state index in [0.717, 1.165) is 6.42 Å². The fraction of sp³-hybridized carbons (Fsp3) is 1.00. The lowest BCUT2D eigenvalue weighted by Gasteiger charge is -2.35. The van der Waals surface area contributed by atoms with Gasteiger partial charge in [0.1, 0.15) is 0 Å². The molecule has 0 aliphatic heterocycles. The second-order valence-electron chi connectivity index (χ2n) is 3.65. The Balaban J connectivity index is 0. The van der Waals surface area contributed by atoms with Crippen molar-refractivity contribution in [2.45, 2.75) is 46.6 Å². The summed E-state index contributed by atoms with van der Waals surface area (Å²) in [5, 5.41) is 9.97. The molecular formula is C9H23OP. The van der Waals surface area contributed by atoms with Gasteiger partial charge in [-0.2, -0.15) is 9.90 Å². The maximum Gasteiger partial charge on any atom is 0.0690 e. The number of aliphatic hydroxyl groups is 1. The van der Waals surface area contributed by atoms with Gasteiger partial charge in [-0.3, -0.25) is 0 Å². The summed E-state index contributed by atoms with van der Waals surface area (Å²) in [7, 11) is 0. The number of rotatable bonds is 3. The van der Waals surface area contributed by atoms with E-state index in [0.29, 0.717) is 11.8 Å². The quantitative estimate of drug-likeness (QED) is 0.658. The van der Waals surface area contributed by atoms with Crippen LogP contribution in [0, 0.1) is 11.8 Å². The highest BCUT2D eigenvalue weighted by Gasteiger charge is 2.31. The van der Waals surface area contributed by atoms with Crippen LogP contribution in [0.4, 0.5) is 0 Å². The van der Waals surface area contributed by atoms with Crippen molar-refractivity contribution in [1.82, 2.24) is 0 Å². The van der Waals surface area contributed by atoms with E-state index in [1.165, 1.54) is 0 Å². The molecule has 70 valence electrons. The lowest BCUT2D eigenvalue weighted by atomic mass is 9.78. The van der Waals surface area contributed by atoms with Crippen LogP contribution in [0.5, 0.6) is 0 Å². The minimum atomic E-state index is -0.458. The molecule has 0 heterocycles. The van der Waals surface area contributed by atoms with E-state index in [2.05, 4.69) is 27.7 Å². The summed E-state index contributed by atoms with van der Waals surface area (Å²) < 4.78 is 0. The smallest absolute Gasteiger partial charge is 0.0690 e. The Bertz CT molecular complexity index is 91.7. The van der Waals surface area contributed by atoms with Gasteiger partial charge < -0.3 is 5.11 Å². The van der Waals surface area contributed by atoms with Crippen LogP contribution in [0.2, 0.25) is 0 Å². The minimum Gasteiger partial charge on any atom is -0.389 e. The lowest BCUT2D eigenvalue weighted by Crippen LogP contribution is -2.39. The summed E-state index contributed by atoms with van der Waals surface area (Å²) in [6, 6.07) is 0. The Morgan fingerprint density at radius 3 is 1.36 bits per heavy atom. The number of hydrogen-bond donors (Lipinski definition) is 1. The molecule has 0 spiro atoms. The van der Waals surface area contributed by atoms with Crippen molar-refractivity contribution in [3.63, 3.8) is 0 Å². The fourth-order valence-corrected chi connectivity index (χ4v) is 1.48. The highest BCUT2D eigenvalue weighted by atomic mass is 31.0. The van der Waals surface area contributed by atoms with E-state index in [1.807, 2.05) is 6.92 Å². The largest absolute Gasteiger partial charge is 0.389 e. The third-order valence-corrected chi connectivity index (χ3v) is 2.57. The van der Waals surface area contributed by atoms with Crippen molar-refractivity contribution in [1.29, 1.82) is 0 Å². The summed E-state index contributed by atoms with van der Waals surface area (Å²) in [6.45, 7) is 10.3. The second kappa shape index (κ2) is 5.11. The summed E-state index contributed by atoms with van der Waals surface area (Å²) in [6.07, 6.45) is 0.850. The molecular weight excluding hydrogens is 155 g/mol. The molecule has 1 unspecified atom stereocenters. The molecule has 0 rings (SSSR count). The predicted octanol–water partition coefficient (Wildman–Crippen LogP) is 2.50. The van der Waals surface area contributed by atoms with Crippen LogP contribution >= 0.6 is 9.90 Å². The van der Waals surface area contributed by atoms with E-state index >= 15 is 0 Å². The lowest BCUT2D eigenvalue weighted by molar-refractivity contribution is -0.0497. The topological polar surface area (TPSA) is 20.2 Å². The van der Waals surface area contributed by atoms with Gasteiger partial charge in [0.25, 0.3) is 0 Å². The first-order chi connectivity index (χ1) is 4.45. The van der Waals surface area contributed by atoms with Gasteiger partial charge in [0.05, 0.1) is 5.60 Å². The van der Waals surface area contributed by atoms with Gasteiger partial charge in [0.15, 0.2) is 0 Å². The zero-order chi connectivity index (χ0) is 8.36. The molecule has 11 heavy (non-hydrogen) atoms. The Hall–Kier alpha value is 0.390. The molecule has 0 aliphatic carbocycles. The van der Waals surface area contributed by atoms with Crippen LogP contribution < -0.4 is 0 Å². The van der Waals surface area contributed by atoms with Gasteiger partial charge in [-0.15, -0.1) is 0 Å². The van der Waals surface area contributed by atoms with Crippen molar-refractivity contribution in [3.8, 4) is 0 Å². The Morgan fingerprint density at radius 1 is 1.09 bits per heavy atom. The molecule has 0 saturated heterocycles. The van der Waals surface area contributed by atoms with Crippen molar-refractivity contribution < 1.29 is 5.11 Å². The van der Waals surface area contributed by atoms with E-state index in [-0.39, 0.29) is 9.90 Å². The predicted molar refractivity (Wildman–Crippen MR) is 56.0 cm³/mol. The summed E-state index contributed by atoms with van der Waals surface area (Å²) >= 11 is 0. The van der Waals surface area contributed by atoms with Gasteiger partial charge in [-0.25, -0.2) is 0 Å². The molecule has 0 fully saturated rings. The molecule has 0 radical (unpaired) electrons. The molecule has 0 aliphatic rings. The van der Waals surface area contributed by atoms with Gasteiger partial charge >= 0.3 is 0 Å². The SMILES string of the molecule is CCC(O)(C(C)C)C(C)C.P. The molecule has 0 amide bonds. The maximum atomic E-state index is 9.97. The average Bonchev–Trinajstić information content (AvgIpc) is 1.85. The second-order valence-corrected chi connectivity index (χ2v) is 3.65. The van der Waals surface area contributed by atoms with Crippen LogP contribution in [-0.2, 0) is 0 Å². The normalized spacial score (nSPS) is 12.0. The highest BCUT2D eigenvalue weighted by Crippen LogP contribution is 2.28. The van der Waals surface area contributed by atoms with Crippen LogP contribution in [0.25, 0.3) is 0 Å². The first-order valence-corrected chi connectivity index (χ1v) is 4.17. The van der Waals surface area contributed by atoms with Crippen LogP contribution in [0.3, 0.4) is 0 Å². The van der Waals surface area contributed by atoms with Crippen LogP contribution in [0.1, 0.15) is 41.0 Å². The van der Waals surface area contributed by atoms with Gasteiger partial charge in [0, 0.05) is 0 Å². The zero-order valence-electron chi connectivity index (χ0n) is 8.52. The zero-order valence-corrected chi connectivity index (χ0v) is 9.93. The molecule has 1 atom stereocenters. The van der Waals surface area contributed by atoms with Crippen molar-refractivity contribution in [2.24, 2.45) is 11.8 Å². The van der Waals surface area contributed by atoms with Crippen molar-refractivity contribution in [3.05, 3.63) is 0 Å². The van der Waals surface area contributed by atoms with E-state index in [9.17, 15) is 5.11 Å². The molecule has 1 N–H and O–H groups in total. The van der Waals surface area contributed by atoms with Gasteiger partial charge in [0.2, 0.25) is 0 Å². The average molecular weight is 178 g/mol. The molecule has 0 saturated carbocycles. The van der Waals surface area contributed by atoms with E-state index < -0.39 is 5.60 Å². The molecule has 0 aromatic carbocycles. The standard InChI is InChI=1S/C9H20O.H3P/c1-6-9(10,7(2)3)8(4)5;/h7-8,10H,6H2,1-5H3;1H3. The first-order valence-electron chi connectivity index (χ1n) is 4.17. The minimum absolute atomic E-state index is 0. The molecule has 0 aromatic heterocycles. The summed E-state index contributed by atoms with van der Waals surface area (Å²) in [5.74, 6) is 0.718. The maximum absolute atomic E-state index is 9.97. The Labute approximate surface area is 74.2 Å². The van der Waals surface area contributed by atoms with Crippen LogP contribution in [0.15, 0.2) is 0 Å².